The number of piperidine rings is 1. The van der Waals surface area contributed by atoms with Gasteiger partial charge in [0.25, 0.3) is 0 Å². The summed E-state index contributed by atoms with van der Waals surface area (Å²) in [5.74, 6) is 0.263. The number of likely N-dealkylation sites (tertiary alicyclic amines) is 1. The van der Waals surface area contributed by atoms with Gasteiger partial charge in [0.1, 0.15) is 0 Å². The van der Waals surface area contributed by atoms with E-state index in [2.05, 4.69) is 9.80 Å². The zero-order valence-electron chi connectivity index (χ0n) is 13.2. The van der Waals surface area contributed by atoms with Gasteiger partial charge in [-0.05, 0) is 19.8 Å². The van der Waals surface area contributed by atoms with Crippen molar-refractivity contribution in [3.8, 4) is 0 Å². The second-order valence-corrected chi connectivity index (χ2v) is 5.99. The van der Waals surface area contributed by atoms with E-state index in [-0.39, 0.29) is 12.5 Å². The molecule has 2 heterocycles. The van der Waals surface area contributed by atoms with Gasteiger partial charge >= 0.3 is 0 Å². The third kappa shape index (κ3) is 4.80. The van der Waals surface area contributed by atoms with Gasteiger partial charge in [0.05, 0.1) is 6.61 Å². The van der Waals surface area contributed by atoms with E-state index in [0.29, 0.717) is 12.5 Å². The first-order chi connectivity index (χ1) is 10.2. The number of carbonyl (C=O) groups excluding carboxylic acids is 1. The fourth-order valence-corrected chi connectivity index (χ4v) is 3.32. The molecule has 0 saturated carbocycles. The number of carbonyl (C=O) groups is 1. The van der Waals surface area contributed by atoms with Gasteiger partial charge in [-0.2, -0.15) is 0 Å². The molecular weight excluding hydrogens is 266 g/mol. The van der Waals surface area contributed by atoms with Crippen LogP contribution in [0.1, 0.15) is 26.2 Å². The summed E-state index contributed by atoms with van der Waals surface area (Å²) in [4.78, 5) is 18.9. The average molecular weight is 295 g/mol. The van der Waals surface area contributed by atoms with Crippen molar-refractivity contribution >= 4 is 5.91 Å². The minimum atomic E-state index is 0.257. The minimum absolute atomic E-state index is 0.257. The Bertz CT molecular complexity index is 343. The summed E-state index contributed by atoms with van der Waals surface area (Å²) in [5, 5.41) is 8.98. The molecule has 0 spiro atoms. The second-order valence-electron chi connectivity index (χ2n) is 5.99. The van der Waals surface area contributed by atoms with Crippen molar-refractivity contribution in [3.05, 3.63) is 12.2 Å². The Morgan fingerprint density at radius 3 is 2.38 bits per heavy atom. The summed E-state index contributed by atoms with van der Waals surface area (Å²) < 4.78 is 0. The molecule has 0 aromatic rings. The van der Waals surface area contributed by atoms with Crippen molar-refractivity contribution in [2.75, 3.05) is 52.4 Å². The quantitative estimate of drug-likeness (QED) is 0.753. The lowest BCUT2D eigenvalue weighted by molar-refractivity contribution is -0.131. The zero-order valence-corrected chi connectivity index (χ0v) is 13.2. The van der Waals surface area contributed by atoms with E-state index >= 15 is 0 Å². The Morgan fingerprint density at radius 2 is 1.81 bits per heavy atom. The second kappa shape index (κ2) is 8.51. The van der Waals surface area contributed by atoms with Gasteiger partial charge in [-0.3, -0.25) is 14.6 Å². The lowest BCUT2D eigenvalue weighted by Crippen LogP contribution is -2.54. The first kappa shape index (κ1) is 16.5. The van der Waals surface area contributed by atoms with Crippen molar-refractivity contribution in [1.82, 2.24) is 14.7 Å². The molecule has 5 nitrogen and oxygen atoms in total. The van der Waals surface area contributed by atoms with E-state index in [1.807, 2.05) is 24.0 Å². The molecule has 0 radical (unpaired) electrons. The summed E-state index contributed by atoms with van der Waals surface area (Å²) in [7, 11) is 0. The molecule has 5 heteroatoms. The Kier molecular flexibility index (Phi) is 6.67. The smallest absolute Gasteiger partial charge is 0.226 e. The number of β-amino-alcohol motifs (C(OH)–C–C–N with tert-alkyl or cyclic N) is 1. The predicted molar refractivity (Wildman–Crippen MR) is 84.1 cm³/mol. The van der Waals surface area contributed by atoms with Gasteiger partial charge < -0.3 is 10.0 Å². The number of piperazine rings is 1. The van der Waals surface area contributed by atoms with Crippen molar-refractivity contribution in [2.24, 2.45) is 0 Å². The molecule has 2 aliphatic heterocycles. The molecule has 2 saturated heterocycles. The van der Waals surface area contributed by atoms with Crippen LogP contribution in [0.5, 0.6) is 0 Å². The van der Waals surface area contributed by atoms with Crippen LogP contribution in [0, 0.1) is 0 Å². The molecule has 1 amide bonds. The Labute approximate surface area is 128 Å². The molecule has 0 unspecified atom stereocenters. The monoisotopic (exact) mass is 295 g/mol. The van der Waals surface area contributed by atoms with Crippen LogP contribution in [0.15, 0.2) is 12.2 Å². The van der Waals surface area contributed by atoms with Crippen LogP contribution in [0.4, 0.5) is 0 Å². The number of hydrogen-bond acceptors (Lipinski definition) is 4. The molecule has 2 aliphatic rings. The number of hydrogen-bond donors (Lipinski definition) is 1. The first-order valence-corrected chi connectivity index (χ1v) is 8.20. The molecule has 0 bridgehead atoms. The predicted octanol–water partition coefficient (Wildman–Crippen LogP) is 0.554. The van der Waals surface area contributed by atoms with Crippen molar-refractivity contribution in [3.63, 3.8) is 0 Å². The topological polar surface area (TPSA) is 47.0 Å². The maximum atomic E-state index is 12.0. The molecular formula is C16H29N3O2. The minimum Gasteiger partial charge on any atom is -0.395 e. The fourth-order valence-electron chi connectivity index (χ4n) is 3.32. The van der Waals surface area contributed by atoms with Crippen LogP contribution in [-0.2, 0) is 4.79 Å². The zero-order chi connectivity index (χ0) is 15.1. The standard InChI is InChI=1S/C16H29N3O2/c1-2-3-4-16(21)19-7-5-15(6-8-19)18-11-9-17(10-12-18)13-14-20/h2-3,15,20H,4-14H2,1H3/b3-2+. The van der Waals surface area contributed by atoms with Crippen molar-refractivity contribution < 1.29 is 9.90 Å². The molecule has 0 aliphatic carbocycles. The summed E-state index contributed by atoms with van der Waals surface area (Å²) in [6.07, 6.45) is 6.62. The highest BCUT2D eigenvalue weighted by molar-refractivity contribution is 5.77. The Hall–Kier alpha value is -0.910. The molecule has 21 heavy (non-hydrogen) atoms. The third-order valence-electron chi connectivity index (χ3n) is 4.68. The average Bonchev–Trinajstić information content (AvgIpc) is 2.54. The molecule has 1 N–H and O–H groups in total. The molecule has 0 aromatic carbocycles. The number of allylic oxidation sites excluding steroid dienone is 1. The Morgan fingerprint density at radius 1 is 1.14 bits per heavy atom. The highest BCUT2D eigenvalue weighted by Crippen LogP contribution is 2.19. The van der Waals surface area contributed by atoms with Gasteiger partial charge in [0, 0.05) is 58.3 Å². The van der Waals surface area contributed by atoms with Crippen LogP contribution in [0.2, 0.25) is 0 Å². The van der Waals surface area contributed by atoms with E-state index in [9.17, 15) is 4.79 Å². The summed E-state index contributed by atoms with van der Waals surface area (Å²) in [6, 6.07) is 0.632. The van der Waals surface area contributed by atoms with E-state index in [4.69, 9.17) is 5.11 Å². The van der Waals surface area contributed by atoms with Crippen LogP contribution >= 0.6 is 0 Å². The summed E-state index contributed by atoms with van der Waals surface area (Å²) in [5.41, 5.74) is 0. The molecule has 0 atom stereocenters. The van der Waals surface area contributed by atoms with E-state index in [0.717, 1.165) is 58.7 Å². The molecule has 120 valence electrons. The highest BCUT2D eigenvalue weighted by Gasteiger charge is 2.28. The molecule has 0 aromatic heterocycles. The van der Waals surface area contributed by atoms with Crippen LogP contribution in [0.3, 0.4) is 0 Å². The summed E-state index contributed by atoms with van der Waals surface area (Å²) in [6.45, 7) is 9.11. The third-order valence-corrected chi connectivity index (χ3v) is 4.68. The van der Waals surface area contributed by atoms with E-state index < -0.39 is 0 Å². The largest absolute Gasteiger partial charge is 0.395 e. The summed E-state index contributed by atoms with van der Waals surface area (Å²) >= 11 is 0. The van der Waals surface area contributed by atoms with Gasteiger partial charge in [-0.15, -0.1) is 0 Å². The lowest BCUT2D eigenvalue weighted by atomic mass is 10.0. The van der Waals surface area contributed by atoms with Gasteiger partial charge in [-0.1, -0.05) is 12.2 Å². The molecule has 2 fully saturated rings. The fraction of sp³-hybridized carbons (Fsp3) is 0.812. The maximum absolute atomic E-state index is 12.0. The number of nitrogens with zero attached hydrogens (tertiary/aromatic N) is 3. The van der Waals surface area contributed by atoms with Gasteiger partial charge in [0.2, 0.25) is 5.91 Å². The molecule has 2 rings (SSSR count). The SMILES string of the molecule is C/C=C/CC(=O)N1CCC(N2CCN(CCO)CC2)CC1. The highest BCUT2D eigenvalue weighted by atomic mass is 16.3. The maximum Gasteiger partial charge on any atom is 0.226 e. The van der Waals surface area contributed by atoms with Crippen molar-refractivity contribution in [1.29, 1.82) is 0 Å². The van der Waals surface area contributed by atoms with Gasteiger partial charge in [-0.25, -0.2) is 0 Å². The van der Waals surface area contributed by atoms with Gasteiger partial charge in [0.15, 0.2) is 0 Å². The van der Waals surface area contributed by atoms with Crippen LogP contribution in [0.25, 0.3) is 0 Å². The first-order valence-electron chi connectivity index (χ1n) is 8.20. The Balaban J connectivity index is 1.71. The number of aliphatic hydroxyl groups is 1. The van der Waals surface area contributed by atoms with Crippen LogP contribution < -0.4 is 0 Å². The van der Waals surface area contributed by atoms with Crippen LogP contribution in [-0.4, -0.2) is 84.2 Å². The normalized spacial score (nSPS) is 23.0. The van der Waals surface area contributed by atoms with Crippen molar-refractivity contribution in [2.45, 2.75) is 32.2 Å². The number of amides is 1. The lowest BCUT2D eigenvalue weighted by Gasteiger charge is -2.42. The van der Waals surface area contributed by atoms with E-state index in [1.54, 1.807) is 0 Å². The number of aliphatic hydroxyl groups excluding tert-OH is 1. The number of rotatable bonds is 5. The van der Waals surface area contributed by atoms with E-state index in [1.165, 1.54) is 0 Å².